The second kappa shape index (κ2) is 8.28. The molecule has 2 heterocycles. The maximum atomic E-state index is 13.9. The number of methoxy groups -OCH3 is 1. The quantitative estimate of drug-likeness (QED) is 0.491. The van der Waals surface area contributed by atoms with Gasteiger partial charge in [-0.3, -0.25) is 4.57 Å². The van der Waals surface area contributed by atoms with Gasteiger partial charge in [0.25, 0.3) is 0 Å². The van der Waals surface area contributed by atoms with E-state index in [9.17, 15) is 13.6 Å². The van der Waals surface area contributed by atoms with Gasteiger partial charge in [-0.25, -0.2) is 18.6 Å². The third kappa shape index (κ3) is 3.84. The van der Waals surface area contributed by atoms with Gasteiger partial charge in [-0.2, -0.15) is 9.78 Å². The molecule has 2 aromatic carbocycles. The minimum Gasteiger partial charge on any atom is -0.481 e. The standard InChI is InChI=1S/C22H18F2N4O2/c1-30-21-16(4-3-11-25-21)12-15-7-9-17(10-8-15)28-22(29)27(14-26-28)13-18-19(23)5-2-6-20(18)24/h2-11,14H,12-13H2,1H3. The normalized spacial score (nSPS) is 10.9. The lowest BCUT2D eigenvalue weighted by Crippen LogP contribution is -2.24. The second-order valence-corrected chi connectivity index (χ2v) is 6.67. The number of nitrogens with zero attached hydrogens (tertiary/aromatic N) is 4. The highest BCUT2D eigenvalue weighted by Gasteiger charge is 2.13. The molecule has 0 aliphatic rings. The molecule has 0 aliphatic heterocycles. The molecule has 8 heteroatoms. The molecule has 0 saturated heterocycles. The van der Waals surface area contributed by atoms with Gasteiger partial charge in [-0.05, 0) is 35.9 Å². The number of hydrogen-bond donors (Lipinski definition) is 0. The number of pyridine rings is 1. The Morgan fingerprint density at radius 1 is 1.00 bits per heavy atom. The van der Waals surface area contributed by atoms with Crippen LogP contribution in [0, 0.1) is 11.6 Å². The Morgan fingerprint density at radius 2 is 1.73 bits per heavy atom. The van der Waals surface area contributed by atoms with Crippen molar-refractivity contribution in [2.24, 2.45) is 0 Å². The minimum absolute atomic E-state index is 0.181. The molecule has 0 unspecified atom stereocenters. The van der Waals surface area contributed by atoms with Gasteiger partial charge in [0.1, 0.15) is 18.0 Å². The highest BCUT2D eigenvalue weighted by molar-refractivity contribution is 5.37. The van der Waals surface area contributed by atoms with Crippen LogP contribution in [0.1, 0.15) is 16.7 Å². The number of ether oxygens (including phenoxy) is 1. The summed E-state index contributed by atoms with van der Waals surface area (Å²) in [5, 5.41) is 4.07. The van der Waals surface area contributed by atoms with E-state index in [-0.39, 0.29) is 12.1 Å². The van der Waals surface area contributed by atoms with Crippen molar-refractivity contribution in [1.82, 2.24) is 19.3 Å². The van der Waals surface area contributed by atoms with Crippen LogP contribution in [-0.2, 0) is 13.0 Å². The van der Waals surface area contributed by atoms with Crippen LogP contribution in [0.15, 0.2) is 71.9 Å². The van der Waals surface area contributed by atoms with Crippen LogP contribution in [0.2, 0.25) is 0 Å². The summed E-state index contributed by atoms with van der Waals surface area (Å²) >= 11 is 0. The van der Waals surface area contributed by atoms with Gasteiger partial charge in [0.15, 0.2) is 0 Å². The van der Waals surface area contributed by atoms with E-state index in [0.29, 0.717) is 18.0 Å². The van der Waals surface area contributed by atoms with Gasteiger partial charge in [0.05, 0.1) is 19.3 Å². The molecule has 2 aromatic heterocycles. The van der Waals surface area contributed by atoms with Gasteiger partial charge in [-0.15, -0.1) is 0 Å². The van der Waals surface area contributed by atoms with Crippen LogP contribution < -0.4 is 10.4 Å². The lowest BCUT2D eigenvalue weighted by molar-refractivity contribution is 0.393. The average molecular weight is 408 g/mol. The first-order valence-corrected chi connectivity index (χ1v) is 9.21. The van der Waals surface area contributed by atoms with E-state index in [0.717, 1.165) is 27.8 Å². The molecule has 0 N–H and O–H groups in total. The first-order chi connectivity index (χ1) is 14.6. The summed E-state index contributed by atoms with van der Waals surface area (Å²) < 4.78 is 35.4. The number of aromatic nitrogens is 4. The minimum atomic E-state index is -0.704. The fourth-order valence-corrected chi connectivity index (χ4v) is 3.19. The predicted octanol–water partition coefficient (Wildman–Crippen LogP) is 3.35. The number of rotatable bonds is 6. The van der Waals surface area contributed by atoms with E-state index in [1.807, 2.05) is 24.3 Å². The molecule has 0 saturated carbocycles. The Labute approximate surface area is 171 Å². The number of benzene rings is 2. The van der Waals surface area contributed by atoms with Crippen molar-refractivity contribution >= 4 is 0 Å². The van der Waals surface area contributed by atoms with Crippen LogP contribution in [0.4, 0.5) is 8.78 Å². The Kier molecular flexibility index (Phi) is 5.38. The molecule has 0 bridgehead atoms. The Morgan fingerprint density at radius 3 is 2.43 bits per heavy atom. The average Bonchev–Trinajstić information content (AvgIpc) is 3.12. The van der Waals surface area contributed by atoms with E-state index in [1.54, 1.807) is 25.4 Å². The smallest absolute Gasteiger partial charge is 0.350 e. The molecule has 0 amide bonds. The highest BCUT2D eigenvalue weighted by Crippen LogP contribution is 2.19. The summed E-state index contributed by atoms with van der Waals surface area (Å²) in [7, 11) is 1.57. The zero-order valence-corrected chi connectivity index (χ0v) is 16.1. The SMILES string of the molecule is COc1ncccc1Cc1ccc(-n2ncn(Cc3c(F)cccc3F)c2=O)cc1. The fraction of sp³-hybridized carbons (Fsp3) is 0.136. The summed E-state index contributed by atoms with van der Waals surface area (Å²) in [6.45, 7) is -0.240. The van der Waals surface area contributed by atoms with Crippen LogP contribution in [-0.4, -0.2) is 26.4 Å². The van der Waals surface area contributed by atoms with Crippen LogP contribution in [0.25, 0.3) is 5.69 Å². The second-order valence-electron chi connectivity index (χ2n) is 6.67. The number of halogens is 2. The van der Waals surface area contributed by atoms with Crippen molar-refractivity contribution in [3.63, 3.8) is 0 Å². The topological polar surface area (TPSA) is 61.9 Å². The summed E-state index contributed by atoms with van der Waals surface area (Å²) in [4.78, 5) is 16.8. The first-order valence-electron chi connectivity index (χ1n) is 9.21. The van der Waals surface area contributed by atoms with Crippen molar-refractivity contribution in [2.45, 2.75) is 13.0 Å². The van der Waals surface area contributed by atoms with Gasteiger partial charge in [0, 0.05) is 23.7 Å². The van der Waals surface area contributed by atoms with E-state index >= 15 is 0 Å². The Hall–Kier alpha value is -3.81. The third-order valence-corrected chi connectivity index (χ3v) is 4.74. The molecule has 0 spiro atoms. The van der Waals surface area contributed by atoms with Crippen molar-refractivity contribution < 1.29 is 13.5 Å². The van der Waals surface area contributed by atoms with Crippen LogP contribution >= 0.6 is 0 Å². The molecule has 6 nitrogen and oxygen atoms in total. The number of hydrogen-bond acceptors (Lipinski definition) is 4. The van der Waals surface area contributed by atoms with E-state index < -0.39 is 17.3 Å². The van der Waals surface area contributed by atoms with Gasteiger partial charge in [-0.1, -0.05) is 24.3 Å². The molecule has 4 aromatic rings. The van der Waals surface area contributed by atoms with Crippen molar-refractivity contribution in [3.8, 4) is 11.6 Å². The van der Waals surface area contributed by atoms with Gasteiger partial charge < -0.3 is 4.74 Å². The van der Waals surface area contributed by atoms with Crippen LogP contribution in [0.3, 0.4) is 0 Å². The first kappa shape index (κ1) is 19.5. The maximum absolute atomic E-state index is 13.9. The lowest BCUT2D eigenvalue weighted by Gasteiger charge is -2.07. The van der Waals surface area contributed by atoms with Crippen LogP contribution in [0.5, 0.6) is 5.88 Å². The highest BCUT2D eigenvalue weighted by atomic mass is 19.1. The van der Waals surface area contributed by atoms with Crippen molar-refractivity contribution in [1.29, 1.82) is 0 Å². The fourth-order valence-electron chi connectivity index (χ4n) is 3.19. The predicted molar refractivity (Wildman–Crippen MR) is 107 cm³/mol. The van der Waals surface area contributed by atoms with Gasteiger partial charge >= 0.3 is 5.69 Å². The van der Waals surface area contributed by atoms with Crippen molar-refractivity contribution in [2.75, 3.05) is 7.11 Å². The van der Waals surface area contributed by atoms with E-state index in [2.05, 4.69) is 10.1 Å². The maximum Gasteiger partial charge on any atom is 0.350 e. The summed E-state index contributed by atoms with van der Waals surface area (Å²) in [6, 6.07) is 14.7. The summed E-state index contributed by atoms with van der Waals surface area (Å²) in [5.41, 5.74) is 1.83. The molecule has 0 aliphatic carbocycles. The Bertz CT molecular complexity index is 1210. The molecule has 0 fully saturated rings. The molecular formula is C22H18F2N4O2. The van der Waals surface area contributed by atoms with E-state index in [4.69, 9.17) is 4.74 Å². The molecule has 152 valence electrons. The van der Waals surface area contributed by atoms with E-state index in [1.165, 1.54) is 17.1 Å². The third-order valence-electron chi connectivity index (χ3n) is 4.74. The largest absolute Gasteiger partial charge is 0.481 e. The van der Waals surface area contributed by atoms with Crippen molar-refractivity contribution in [3.05, 3.63) is 106 Å². The summed E-state index contributed by atoms with van der Waals surface area (Å²) in [6.07, 6.45) is 3.55. The molecular weight excluding hydrogens is 390 g/mol. The molecule has 0 radical (unpaired) electrons. The van der Waals surface area contributed by atoms with Gasteiger partial charge in [0.2, 0.25) is 5.88 Å². The summed E-state index contributed by atoms with van der Waals surface area (Å²) in [5.74, 6) is -0.841. The molecule has 0 atom stereocenters. The monoisotopic (exact) mass is 408 g/mol. The zero-order chi connectivity index (χ0) is 21.1. The lowest BCUT2D eigenvalue weighted by atomic mass is 10.1. The zero-order valence-electron chi connectivity index (χ0n) is 16.1. The Balaban J connectivity index is 1.56. The molecule has 30 heavy (non-hydrogen) atoms. The molecule has 4 rings (SSSR count).